The van der Waals surface area contributed by atoms with Crippen LogP contribution in [0.15, 0.2) is 68.4 Å². The Kier molecular flexibility index (Phi) is 6.19. The number of nitrogens with zero attached hydrogens (tertiary/aromatic N) is 3. The number of hydrogen-bond donors (Lipinski definition) is 2. The zero-order valence-electron chi connectivity index (χ0n) is 16.9. The van der Waals surface area contributed by atoms with E-state index < -0.39 is 11.7 Å². The molecule has 1 atom stereocenters. The van der Waals surface area contributed by atoms with Crippen molar-refractivity contribution >= 4 is 56.4 Å². The van der Waals surface area contributed by atoms with Crippen molar-refractivity contribution in [2.45, 2.75) is 19.0 Å². The summed E-state index contributed by atoms with van der Waals surface area (Å²) in [5.74, 6) is -0.686. The van der Waals surface area contributed by atoms with Crippen molar-refractivity contribution in [2.24, 2.45) is 7.05 Å². The zero-order chi connectivity index (χ0) is 22.8. The summed E-state index contributed by atoms with van der Waals surface area (Å²) in [5.41, 5.74) is 0.900. The van der Waals surface area contributed by atoms with Gasteiger partial charge in [-0.2, -0.15) is 0 Å². The predicted octanol–water partition coefficient (Wildman–Crippen LogP) is 2.09. The summed E-state index contributed by atoms with van der Waals surface area (Å²) in [6.45, 7) is 0.00642. The van der Waals surface area contributed by atoms with E-state index in [1.165, 1.54) is 9.58 Å². The first kappa shape index (κ1) is 21.9. The Bertz CT molecular complexity index is 1220. The van der Waals surface area contributed by atoms with Crippen LogP contribution < -0.4 is 20.5 Å². The highest BCUT2D eigenvalue weighted by Gasteiger charge is 2.45. The molecule has 2 N–H and O–H groups in total. The Morgan fingerprint density at radius 1 is 1.19 bits per heavy atom. The highest BCUT2D eigenvalue weighted by atomic mass is 79.9. The molecule has 0 spiro atoms. The van der Waals surface area contributed by atoms with Crippen molar-refractivity contribution in [1.82, 2.24) is 10.2 Å². The molecule has 2 amide bonds. The van der Waals surface area contributed by atoms with E-state index in [2.05, 4.69) is 26.5 Å². The Morgan fingerprint density at radius 2 is 1.88 bits per heavy atom. The fourth-order valence-electron chi connectivity index (χ4n) is 3.44. The molecule has 0 bridgehead atoms. The lowest BCUT2D eigenvalue weighted by atomic mass is 10.1. The fourth-order valence-corrected chi connectivity index (χ4v) is 4.09. The molecule has 2 heterocycles. The SMILES string of the molecule is C[n+]1[nH]oc(=O)c1CN1C(=S)N(c2ccccc2)C(=O)C1CC(=O)Nc1ccc(Br)cc1. The number of halogens is 1. The van der Waals surface area contributed by atoms with E-state index >= 15 is 0 Å². The molecule has 11 heteroatoms. The quantitative estimate of drug-likeness (QED) is 0.384. The highest BCUT2D eigenvalue weighted by molar-refractivity contribution is 9.10. The first-order chi connectivity index (χ1) is 15.3. The second kappa shape index (κ2) is 9.05. The van der Waals surface area contributed by atoms with Crippen molar-refractivity contribution in [3.8, 4) is 0 Å². The van der Waals surface area contributed by atoms with E-state index in [1.807, 2.05) is 6.07 Å². The minimum Gasteiger partial charge on any atom is -0.326 e. The number of aromatic nitrogens is 2. The normalized spacial score (nSPS) is 16.0. The Morgan fingerprint density at radius 3 is 2.50 bits per heavy atom. The predicted molar refractivity (Wildman–Crippen MR) is 124 cm³/mol. The number of hydrogen-bond acceptors (Lipinski definition) is 5. The molecule has 2 aromatic carbocycles. The fraction of sp³-hybridized carbons (Fsp3) is 0.190. The van der Waals surface area contributed by atoms with E-state index in [0.29, 0.717) is 11.4 Å². The van der Waals surface area contributed by atoms with Crippen molar-refractivity contribution < 1.29 is 18.8 Å². The molecule has 1 aromatic heterocycles. The van der Waals surface area contributed by atoms with Crippen molar-refractivity contribution in [3.05, 3.63) is 75.2 Å². The van der Waals surface area contributed by atoms with Crippen molar-refractivity contribution in [1.29, 1.82) is 0 Å². The van der Waals surface area contributed by atoms with Gasteiger partial charge in [0, 0.05) is 10.2 Å². The Hall–Kier alpha value is -3.31. The van der Waals surface area contributed by atoms with Gasteiger partial charge in [-0.15, -0.1) is 0 Å². The van der Waals surface area contributed by atoms with E-state index in [4.69, 9.17) is 16.7 Å². The summed E-state index contributed by atoms with van der Waals surface area (Å²) in [6.07, 6.45) is -0.141. The maximum absolute atomic E-state index is 13.4. The lowest BCUT2D eigenvalue weighted by Crippen LogP contribution is -2.44. The van der Waals surface area contributed by atoms with Crippen molar-refractivity contribution in [3.63, 3.8) is 0 Å². The molecule has 0 saturated carbocycles. The van der Waals surface area contributed by atoms with Gasteiger partial charge < -0.3 is 10.2 Å². The number of rotatable bonds is 6. The number of benzene rings is 2. The smallest absolute Gasteiger partial charge is 0.326 e. The van der Waals surface area contributed by atoms with Gasteiger partial charge in [0.05, 0.1) is 12.1 Å². The van der Waals surface area contributed by atoms with E-state index in [0.717, 1.165) is 4.47 Å². The van der Waals surface area contributed by atoms with Crippen LogP contribution in [0.1, 0.15) is 12.1 Å². The lowest BCUT2D eigenvalue weighted by Gasteiger charge is -2.21. The maximum atomic E-state index is 13.4. The van der Waals surface area contributed by atoms with Gasteiger partial charge in [-0.05, 0) is 53.9 Å². The zero-order valence-corrected chi connectivity index (χ0v) is 19.4. The van der Waals surface area contributed by atoms with Crippen LogP contribution in [0.2, 0.25) is 0 Å². The number of H-pyrrole nitrogens is 1. The van der Waals surface area contributed by atoms with Crippen LogP contribution in [0, 0.1) is 0 Å². The largest absolute Gasteiger partial charge is 0.431 e. The molecule has 1 saturated heterocycles. The lowest BCUT2D eigenvalue weighted by molar-refractivity contribution is -0.746. The summed E-state index contributed by atoms with van der Waals surface area (Å²) in [5, 5.41) is 5.46. The number of nitrogens with one attached hydrogen (secondary N) is 2. The summed E-state index contributed by atoms with van der Waals surface area (Å²) >= 11 is 8.95. The van der Waals surface area contributed by atoms with Gasteiger partial charge in [-0.25, -0.2) is 4.79 Å². The molecule has 9 nitrogen and oxygen atoms in total. The van der Waals surface area contributed by atoms with Crippen LogP contribution in [-0.4, -0.2) is 33.1 Å². The number of carbonyl (C=O) groups excluding carboxylic acids is 2. The molecule has 3 aromatic rings. The third kappa shape index (κ3) is 4.34. The average Bonchev–Trinajstić information content (AvgIpc) is 3.21. The van der Waals surface area contributed by atoms with E-state index in [9.17, 15) is 14.4 Å². The molecule has 32 heavy (non-hydrogen) atoms. The molecular formula is C21H19BrN5O4S+. The molecule has 1 aliphatic heterocycles. The number of amides is 2. The van der Waals surface area contributed by atoms with Gasteiger partial charge in [-0.3, -0.25) is 19.0 Å². The molecule has 0 radical (unpaired) electrons. The maximum Gasteiger partial charge on any atom is 0.431 e. The van der Waals surface area contributed by atoms with E-state index in [1.54, 1.807) is 60.5 Å². The number of para-hydroxylation sites is 1. The Labute approximate surface area is 196 Å². The molecule has 0 aliphatic carbocycles. The van der Waals surface area contributed by atoms with Crippen molar-refractivity contribution in [2.75, 3.05) is 10.2 Å². The molecule has 4 rings (SSSR count). The first-order valence-corrected chi connectivity index (χ1v) is 10.9. The van der Waals surface area contributed by atoms with Gasteiger partial charge in [-0.1, -0.05) is 38.8 Å². The molecule has 164 valence electrons. The van der Waals surface area contributed by atoms with Crippen LogP contribution >= 0.6 is 28.1 Å². The summed E-state index contributed by atoms with van der Waals surface area (Å²) in [4.78, 5) is 41.2. The summed E-state index contributed by atoms with van der Waals surface area (Å²) < 4.78 is 7.12. The highest BCUT2D eigenvalue weighted by Crippen LogP contribution is 2.28. The van der Waals surface area contributed by atoms with Gasteiger partial charge in [0.25, 0.3) is 5.91 Å². The number of aryl methyl sites for hydroxylation is 1. The first-order valence-electron chi connectivity index (χ1n) is 9.66. The monoisotopic (exact) mass is 516 g/mol. The standard InChI is InChI=1S/C21H18BrN5O4S/c1-25-17(20(30)31-24-25)12-26-16(11-18(28)23-14-9-7-13(22)8-10-14)19(29)27(21(26)32)15-5-3-2-4-6-15/h2-10,16H,11-12H2,1H3,(H-,23,24,28,30)/p+1. The number of anilines is 2. The van der Waals surface area contributed by atoms with Gasteiger partial charge in [0.2, 0.25) is 5.91 Å². The van der Waals surface area contributed by atoms with Crippen LogP contribution in [-0.2, 0) is 23.2 Å². The molecule has 1 fully saturated rings. The third-order valence-corrected chi connectivity index (χ3v) is 6.02. The topological polar surface area (TPSA) is 103 Å². The number of thiocarbonyl (C=S) groups is 1. The number of aromatic amines is 1. The average molecular weight is 517 g/mol. The van der Waals surface area contributed by atoms with Gasteiger partial charge >= 0.3 is 11.3 Å². The van der Waals surface area contributed by atoms with Gasteiger partial charge in [0.1, 0.15) is 12.6 Å². The van der Waals surface area contributed by atoms with Crippen LogP contribution in [0.4, 0.5) is 11.4 Å². The second-order valence-corrected chi connectivity index (χ2v) is 8.46. The Balaban J connectivity index is 1.62. The van der Waals surface area contributed by atoms with Crippen LogP contribution in [0.5, 0.6) is 0 Å². The minimum atomic E-state index is -0.882. The van der Waals surface area contributed by atoms with E-state index in [-0.39, 0.29) is 35.6 Å². The summed E-state index contributed by atoms with van der Waals surface area (Å²) in [6, 6.07) is 15.2. The van der Waals surface area contributed by atoms with Crippen LogP contribution in [0.25, 0.3) is 0 Å². The van der Waals surface area contributed by atoms with Crippen LogP contribution in [0.3, 0.4) is 0 Å². The third-order valence-electron chi connectivity index (χ3n) is 5.08. The minimum absolute atomic E-state index is 0.00642. The molecule has 1 unspecified atom stereocenters. The second-order valence-electron chi connectivity index (χ2n) is 7.18. The summed E-state index contributed by atoms with van der Waals surface area (Å²) in [7, 11) is 1.62. The molecule has 1 aliphatic rings. The number of carbonyl (C=O) groups is 2. The van der Waals surface area contributed by atoms with Gasteiger partial charge in [0.15, 0.2) is 12.2 Å². The molecular weight excluding hydrogens is 498 g/mol.